The standard InChI is InChI=1S/C15H13BrCl3N3O/c16-12-5-3-11(4-6-12)13(23)22-14(15(17,18)19)21-9-10-2-1-7-20-8-10/h1-8,14,21H,9H2,(H,22,23). The number of nitrogens with one attached hydrogen (secondary N) is 2. The van der Waals surface area contributed by atoms with Gasteiger partial charge in [0.05, 0.1) is 0 Å². The van der Waals surface area contributed by atoms with Crippen LogP contribution < -0.4 is 10.6 Å². The largest absolute Gasteiger partial charge is 0.333 e. The van der Waals surface area contributed by atoms with Crippen molar-refractivity contribution in [3.05, 3.63) is 64.4 Å². The van der Waals surface area contributed by atoms with Crippen molar-refractivity contribution in [2.45, 2.75) is 16.5 Å². The summed E-state index contributed by atoms with van der Waals surface area (Å²) < 4.78 is -0.825. The van der Waals surface area contributed by atoms with Crippen molar-refractivity contribution in [1.82, 2.24) is 15.6 Å². The van der Waals surface area contributed by atoms with E-state index in [1.807, 2.05) is 12.1 Å². The summed E-state index contributed by atoms with van der Waals surface area (Å²) in [6, 6.07) is 10.6. The minimum absolute atomic E-state index is 0.340. The molecule has 0 aliphatic carbocycles. The Morgan fingerprint density at radius 3 is 2.48 bits per heavy atom. The van der Waals surface area contributed by atoms with Crippen LogP contribution in [-0.2, 0) is 6.54 Å². The molecule has 0 saturated heterocycles. The zero-order valence-corrected chi connectivity index (χ0v) is 15.6. The quantitative estimate of drug-likeness (QED) is 0.548. The van der Waals surface area contributed by atoms with Gasteiger partial charge in [0.1, 0.15) is 6.17 Å². The SMILES string of the molecule is O=C(NC(NCc1cccnc1)C(Cl)(Cl)Cl)c1ccc(Br)cc1. The summed E-state index contributed by atoms with van der Waals surface area (Å²) >= 11 is 21.2. The Hall–Kier alpha value is -0.850. The van der Waals surface area contributed by atoms with E-state index in [9.17, 15) is 4.79 Å². The molecule has 23 heavy (non-hydrogen) atoms. The number of nitrogens with zero attached hydrogens (tertiary/aromatic N) is 1. The number of carbonyl (C=O) groups excluding carboxylic acids is 1. The van der Waals surface area contributed by atoms with Crippen LogP contribution in [-0.4, -0.2) is 20.8 Å². The highest BCUT2D eigenvalue weighted by molar-refractivity contribution is 9.10. The summed E-state index contributed by atoms with van der Waals surface area (Å²) in [6.07, 6.45) is 2.51. The molecule has 0 fully saturated rings. The molecule has 4 nitrogen and oxygen atoms in total. The third kappa shape index (κ3) is 5.94. The number of halogens is 4. The third-order valence-corrected chi connectivity index (χ3v) is 4.13. The fourth-order valence-electron chi connectivity index (χ4n) is 1.79. The van der Waals surface area contributed by atoms with E-state index in [4.69, 9.17) is 34.8 Å². The second kappa shape index (κ2) is 8.31. The predicted molar refractivity (Wildman–Crippen MR) is 96.8 cm³/mol. The number of benzene rings is 1. The van der Waals surface area contributed by atoms with E-state index in [2.05, 4.69) is 31.5 Å². The number of rotatable bonds is 5. The first-order valence-corrected chi connectivity index (χ1v) is 8.54. The fourth-order valence-corrected chi connectivity index (χ4v) is 2.45. The summed E-state index contributed by atoms with van der Waals surface area (Å²) in [5, 5.41) is 5.69. The molecule has 0 bridgehead atoms. The molecule has 1 aromatic carbocycles. The Morgan fingerprint density at radius 2 is 1.91 bits per heavy atom. The molecule has 1 unspecified atom stereocenters. The molecule has 0 radical (unpaired) electrons. The van der Waals surface area contributed by atoms with Crippen LogP contribution in [0.25, 0.3) is 0 Å². The van der Waals surface area contributed by atoms with Gasteiger partial charge in [-0.2, -0.15) is 0 Å². The molecule has 1 heterocycles. The first-order valence-electron chi connectivity index (χ1n) is 6.61. The lowest BCUT2D eigenvalue weighted by atomic mass is 10.2. The van der Waals surface area contributed by atoms with Gasteiger partial charge >= 0.3 is 0 Å². The molecular formula is C15H13BrCl3N3O. The summed E-state index contributed by atoms with van der Waals surface area (Å²) in [6.45, 7) is 0.396. The van der Waals surface area contributed by atoms with Crippen molar-refractivity contribution in [2.75, 3.05) is 0 Å². The number of alkyl halides is 3. The van der Waals surface area contributed by atoms with E-state index in [-0.39, 0.29) is 5.91 Å². The van der Waals surface area contributed by atoms with Crippen molar-refractivity contribution in [1.29, 1.82) is 0 Å². The maximum absolute atomic E-state index is 12.3. The highest BCUT2D eigenvalue weighted by Gasteiger charge is 2.33. The fraction of sp³-hybridized carbons (Fsp3) is 0.200. The topological polar surface area (TPSA) is 54.0 Å². The first kappa shape index (κ1) is 18.5. The van der Waals surface area contributed by atoms with Crippen LogP contribution in [0.1, 0.15) is 15.9 Å². The Morgan fingerprint density at radius 1 is 1.22 bits per heavy atom. The number of pyridine rings is 1. The molecule has 122 valence electrons. The number of carbonyl (C=O) groups is 1. The summed E-state index contributed by atoms with van der Waals surface area (Å²) in [7, 11) is 0. The van der Waals surface area contributed by atoms with E-state index in [1.54, 1.807) is 36.7 Å². The van der Waals surface area contributed by atoms with Crippen LogP contribution in [0.5, 0.6) is 0 Å². The molecule has 0 aliphatic heterocycles. The molecule has 2 aromatic rings. The van der Waals surface area contributed by atoms with Crippen LogP contribution in [0.3, 0.4) is 0 Å². The molecular weight excluding hydrogens is 424 g/mol. The van der Waals surface area contributed by atoms with Crippen LogP contribution >= 0.6 is 50.7 Å². The highest BCUT2D eigenvalue weighted by Crippen LogP contribution is 2.29. The summed E-state index contributed by atoms with van der Waals surface area (Å²) in [5.41, 5.74) is 1.38. The van der Waals surface area contributed by atoms with Gasteiger partial charge in [0.25, 0.3) is 5.91 Å². The van der Waals surface area contributed by atoms with Crippen molar-refractivity contribution in [3.8, 4) is 0 Å². The maximum Gasteiger partial charge on any atom is 0.252 e. The Labute approximate surface area is 157 Å². The highest BCUT2D eigenvalue weighted by atomic mass is 79.9. The van der Waals surface area contributed by atoms with Crippen LogP contribution in [0, 0.1) is 0 Å². The van der Waals surface area contributed by atoms with E-state index >= 15 is 0 Å². The second-order valence-electron chi connectivity index (χ2n) is 4.70. The van der Waals surface area contributed by atoms with Gasteiger partial charge in [-0.25, -0.2) is 0 Å². The van der Waals surface area contributed by atoms with Crippen molar-refractivity contribution >= 4 is 56.6 Å². The van der Waals surface area contributed by atoms with Gasteiger partial charge in [-0.3, -0.25) is 15.1 Å². The number of aromatic nitrogens is 1. The number of hydrogen-bond donors (Lipinski definition) is 2. The lowest BCUT2D eigenvalue weighted by molar-refractivity contribution is 0.0929. The smallest absolute Gasteiger partial charge is 0.252 e. The first-order chi connectivity index (χ1) is 10.9. The predicted octanol–water partition coefficient (Wildman–Crippen LogP) is 4.06. The molecule has 1 amide bonds. The van der Waals surface area contributed by atoms with E-state index in [0.29, 0.717) is 12.1 Å². The van der Waals surface area contributed by atoms with Crippen LogP contribution in [0.4, 0.5) is 0 Å². The Bertz CT molecular complexity index is 647. The Balaban J connectivity index is 2.04. The lowest BCUT2D eigenvalue weighted by Crippen LogP contribution is -2.53. The monoisotopic (exact) mass is 435 g/mol. The molecule has 8 heteroatoms. The lowest BCUT2D eigenvalue weighted by Gasteiger charge is -2.26. The zero-order chi connectivity index (χ0) is 16.9. The van der Waals surface area contributed by atoms with Gasteiger partial charge in [-0.1, -0.05) is 56.8 Å². The molecule has 0 spiro atoms. The van der Waals surface area contributed by atoms with Gasteiger partial charge in [-0.15, -0.1) is 0 Å². The van der Waals surface area contributed by atoms with Crippen LogP contribution in [0.15, 0.2) is 53.3 Å². The Kier molecular flexibility index (Phi) is 6.68. The summed E-state index contributed by atoms with van der Waals surface area (Å²) in [5.74, 6) is -0.340. The molecule has 1 atom stereocenters. The van der Waals surface area contributed by atoms with Gasteiger partial charge < -0.3 is 5.32 Å². The molecule has 2 N–H and O–H groups in total. The van der Waals surface area contributed by atoms with Gasteiger partial charge in [0.15, 0.2) is 0 Å². The van der Waals surface area contributed by atoms with Crippen molar-refractivity contribution in [3.63, 3.8) is 0 Å². The van der Waals surface area contributed by atoms with Gasteiger partial charge in [0, 0.05) is 29.0 Å². The average Bonchev–Trinajstić information content (AvgIpc) is 2.51. The maximum atomic E-state index is 12.3. The van der Waals surface area contributed by atoms with E-state index < -0.39 is 9.96 Å². The zero-order valence-electron chi connectivity index (χ0n) is 11.8. The second-order valence-corrected chi connectivity index (χ2v) is 7.98. The minimum atomic E-state index is -1.70. The normalized spacial score (nSPS) is 12.7. The van der Waals surface area contributed by atoms with Crippen molar-refractivity contribution in [2.24, 2.45) is 0 Å². The minimum Gasteiger partial charge on any atom is -0.333 e. The molecule has 0 aliphatic rings. The van der Waals surface area contributed by atoms with E-state index in [0.717, 1.165) is 10.0 Å². The van der Waals surface area contributed by atoms with Gasteiger partial charge in [0.2, 0.25) is 3.79 Å². The van der Waals surface area contributed by atoms with Crippen LogP contribution in [0.2, 0.25) is 0 Å². The molecule has 1 aromatic heterocycles. The average molecular weight is 438 g/mol. The third-order valence-electron chi connectivity index (χ3n) is 2.94. The summed E-state index contributed by atoms with van der Waals surface area (Å²) in [4.78, 5) is 16.3. The number of hydrogen-bond acceptors (Lipinski definition) is 3. The van der Waals surface area contributed by atoms with Crippen molar-refractivity contribution < 1.29 is 4.79 Å². The molecule has 2 rings (SSSR count). The van der Waals surface area contributed by atoms with E-state index in [1.165, 1.54) is 0 Å². The van der Waals surface area contributed by atoms with Gasteiger partial charge in [-0.05, 0) is 35.9 Å². The number of amides is 1. The molecule has 0 saturated carbocycles.